The molecule has 0 amide bonds. The first-order valence-corrected chi connectivity index (χ1v) is 8.18. The smallest absolute Gasteiger partial charge is 0.324 e. The number of hydrogen-bond acceptors (Lipinski definition) is 4. The Labute approximate surface area is 94.3 Å². The summed E-state index contributed by atoms with van der Waals surface area (Å²) in [6, 6.07) is 5.39. The van der Waals surface area contributed by atoms with Crippen molar-refractivity contribution < 1.29 is 14.1 Å². The van der Waals surface area contributed by atoms with Crippen LogP contribution < -0.4 is 0 Å². The molecule has 1 aromatic rings. The Bertz CT molecular complexity index is 408. The molecule has 0 saturated carbocycles. The number of hydrogen-bond donors (Lipinski definition) is 0. The highest BCUT2D eigenvalue weighted by Gasteiger charge is 2.21. The maximum absolute atomic E-state index is 11.6. The maximum Gasteiger partial charge on any atom is 0.324 e. The van der Waals surface area contributed by atoms with E-state index >= 15 is 0 Å². The molecule has 0 saturated heterocycles. The molecule has 1 aromatic carbocycles. The highest BCUT2D eigenvalue weighted by atomic mass is 28.4. The SMILES string of the molecule is C[Si](C)(C)OC(=O)c1ccc([N+](=O)[O-])cc1. The Morgan fingerprint density at radius 3 is 2.12 bits per heavy atom. The second-order valence-electron chi connectivity index (χ2n) is 4.31. The monoisotopic (exact) mass is 239 g/mol. The first kappa shape index (κ1) is 12.4. The summed E-state index contributed by atoms with van der Waals surface area (Å²) < 4.78 is 5.25. The highest BCUT2D eigenvalue weighted by molar-refractivity contribution is 6.71. The van der Waals surface area contributed by atoms with Crippen LogP contribution in [0.4, 0.5) is 5.69 Å². The Morgan fingerprint density at radius 2 is 1.75 bits per heavy atom. The van der Waals surface area contributed by atoms with Crippen molar-refractivity contribution in [2.24, 2.45) is 0 Å². The summed E-state index contributed by atoms with van der Waals surface area (Å²) in [5.74, 6) is -0.422. The van der Waals surface area contributed by atoms with E-state index in [4.69, 9.17) is 4.43 Å². The second-order valence-corrected chi connectivity index (χ2v) is 8.73. The van der Waals surface area contributed by atoms with Crippen molar-refractivity contribution >= 4 is 20.0 Å². The number of non-ortho nitro benzene ring substituents is 1. The minimum Gasteiger partial charge on any atom is -0.516 e. The Hall–Kier alpha value is -1.69. The van der Waals surface area contributed by atoms with E-state index in [1.54, 1.807) is 0 Å². The van der Waals surface area contributed by atoms with Gasteiger partial charge in [0.25, 0.3) is 5.69 Å². The van der Waals surface area contributed by atoms with Gasteiger partial charge in [0.05, 0.1) is 10.5 Å². The van der Waals surface area contributed by atoms with Crippen LogP contribution >= 0.6 is 0 Å². The van der Waals surface area contributed by atoms with Gasteiger partial charge >= 0.3 is 5.97 Å². The van der Waals surface area contributed by atoms with Gasteiger partial charge in [-0.3, -0.25) is 10.1 Å². The van der Waals surface area contributed by atoms with Crippen molar-refractivity contribution in [2.45, 2.75) is 19.6 Å². The van der Waals surface area contributed by atoms with Gasteiger partial charge in [-0.25, -0.2) is 4.79 Å². The van der Waals surface area contributed by atoms with Crippen molar-refractivity contribution in [3.8, 4) is 0 Å². The first-order chi connectivity index (χ1) is 7.29. The largest absolute Gasteiger partial charge is 0.516 e. The van der Waals surface area contributed by atoms with Gasteiger partial charge in [0.15, 0.2) is 0 Å². The first-order valence-electron chi connectivity index (χ1n) is 4.77. The van der Waals surface area contributed by atoms with Crippen LogP contribution in [0.1, 0.15) is 10.4 Å². The van der Waals surface area contributed by atoms with Crippen molar-refractivity contribution in [2.75, 3.05) is 0 Å². The molecular formula is C10H13NO4Si. The Balaban J connectivity index is 2.82. The fourth-order valence-corrected chi connectivity index (χ4v) is 1.73. The molecule has 16 heavy (non-hydrogen) atoms. The number of nitro benzene ring substituents is 1. The zero-order chi connectivity index (χ0) is 12.3. The predicted molar refractivity (Wildman–Crippen MR) is 61.9 cm³/mol. The maximum atomic E-state index is 11.6. The lowest BCUT2D eigenvalue weighted by atomic mass is 10.2. The molecule has 0 unspecified atom stereocenters. The van der Waals surface area contributed by atoms with E-state index in [0.29, 0.717) is 5.56 Å². The van der Waals surface area contributed by atoms with E-state index in [2.05, 4.69) is 0 Å². The van der Waals surface area contributed by atoms with E-state index in [1.165, 1.54) is 24.3 Å². The molecule has 0 aliphatic carbocycles. The van der Waals surface area contributed by atoms with E-state index in [9.17, 15) is 14.9 Å². The molecule has 0 fully saturated rings. The average molecular weight is 239 g/mol. The summed E-state index contributed by atoms with van der Waals surface area (Å²) >= 11 is 0. The van der Waals surface area contributed by atoms with Crippen LogP contribution in [-0.2, 0) is 4.43 Å². The molecule has 0 aliphatic rings. The van der Waals surface area contributed by atoms with Gasteiger partial charge in [-0.05, 0) is 31.8 Å². The number of carbonyl (C=O) groups excluding carboxylic acids is 1. The molecule has 0 aliphatic heterocycles. The third-order valence-corrected chi connectivity index (χ3v) is 2.51. The van der Waals surface area contributed by atoms with Crippen molar-refractivity contribution in [1.29, 1.82) is 0 Å². The van der Waals surface area contributed by atoms with E-state index in [1.807, 2.05) is 19.6 Å². The number of benzene rings is 1. The number of rotatable bonds is 3. The van der Waals surface area contributed by atoms with Gasteiger partial charge in [0.2, 0.25) is 8.32 Å². The van der Waals surface area contributed by atoms with Crippen LogP contribution in [0.3, 0.4) is 0 Å². The van der Waals surface area contributed by atoms with Gasteiger partial charge < -0.3 is 4.43 Å². The number of nitro groups is 1. The van der Waals surface area contributed by atoms with Crippen LogP contribution in [0.15, 0.2) is 24.3 Å². The third-order valence-electron chi connectivity index (χ3n) is 1.71. The van der Waals surface area contributed by atoms with E-state index < -0.39 is 19.2 Å². The van der Waals surface area contributed by atoms with Crippen LogP contribution in [-0.4, -0.2) is 19.2 Å². The summed E-state index contributed by atoms with van der Waals surface area (Å²) in [7, 11) is -1.92. The summed E-state index contributed by atoms with van der Waals surface area (Å²) in [5, 5.41) is 10.4. The highest BCUT2D eigenvalue weighted by Crippen LogP contribution is 2.14. The number of nitrogens with zero attached hydrogens (tertiary/aromatic N) is 1. The molecule has 0 atom stereocenters. The van der Waals surface area contributed by atoms with Crippen LogP contribution in [0.5, 0.6) is 0 Å². The molecule has 0 spiro atoms. The molecule has 0 radical (unpaired) electrons. The van der Waals surface area contributed by atoms with Gasteiger partial charge in [-0.2, -0.15) is 0 Å². The molecule has 0 bridgehead atoms. The van der Waals surface area contributed by atoms with Gasteiger partial charge in [0, 0.05) is 12.1 Å². The zero-order valence-electron chi connectivity index (χ0n) is 9.39. The second kappa shape index (κ2) is 4.44. The molecule has 1 rings (SSSR count). The molecule has 0 aromatic heterocycles. The van der Waals surface area contributed by atoms with Gasteiger partial charge in [-0.1, -0.05) is 0 Å². The lowest BCUT2D eigenvalue weighted by molar-refractivity contribution is -0.384. The molecule has 5 nitrogen and oxygen atoms in total. The minimum absolute atomic E-state index is 0.0375. The standard InChI is InChI=1S/C10H13NO4Si/c1-16(2,3)15-10(12)8-4-6-9(7-5-8)11(13)14/h4-7H,1-3H3. The van der Waals surface area contributed by atoms with Crippen LogP contribution in [0, 0.1) is 10.1 Å². The van der Waals surface area contributed by atoms with Crippen molar-refractivity contribution in [3.05, 3.63) is 39.9 Å². The molecular weight excluding hydrogens is 226 g/mol. The van der Waals surface area contributed by atoms with Crippen molar-refractivity contribution in [1.82, 2.24) is 0 Å². The number of carbonyl (C=O) groups is 1. The molecule has 0 heterocycles. The average Bonchev–Trinajstić information content (AvgIpc) is 2.15. The summed E-state index contributed by atoms with van der Waals surface area (Å²) in [6.07, 6.45) is 0. The van der Waals surface area contributed by atoms with Crippen LogP contribution in [0.25, 0.3) is 0 Å². The van der Waals surface area contributed by atoms with Gasteiger partial charge in [0.1, 0.15) is 0 Å². The lowest BCUT2D eigenvalue weighted by Gasteiger charge is -2.17. The third kappa shape index (κ3) is 3.47. The van der Waals surface area contributed by atoms with Gasteiger partial charge in [-0.15, -0.1) is 0 Å². The van der Waals surface area contributed by atoms with E-state index in [0.717, 1.165) is 0 Å². The summed E-state index contributed by atoms with van der Waals surface area (Å²) in [5.41, 5.74) is 0.303. The fraction of sp³-hybridized carbons (Fsp3) is 0.300. The Kier molecular flexibility index (Phi) is 3.43. The summed E-state index contributed by atoms with van der Waals surface area (Å²) in [4.78, 5) is 21.5. The van der Waals surface area contributed by atoms with E-state index in [-0.39, 0.29) is 5.69 Å². The van der Waals surface area contributed by atoms with Crippen LogP contribution in [0.2, 0.25) is 19.6 Å². The molecule has 86 valence electrons. The quantitative estimate of drug-likeness (QED) is 0.462. The molecule has 0 N–H and O–H groups in total. The normalized spacial score (nSPS) is 10.9. The lowest BCUT2D eigenvalue weighted by Crippen LogP contribution is -2.29. The topological polar surface area (TPSA) is 69.4 Å². The zero-order valence-corrected chi connectivity index (χ0v) is 10.4. The summed E-state index contributed by atoms with van der Waals surface area (Å²) in [6.45, 7) is 5.70. The molecule has 6 heteroatoms. The minimum atomic E-state index is -1.92. The Morgan fingerprint density at radius 1 is 1.25 bits per heavy atom. The predicted octanol–water partition coefficient (Wildman–Crippen LogP) is 2.59. The fourth-order valence-electron chi connectivity index (χ4n) is 1.06. The van der Waals surface area contributed by atoms with Crippen molar-refractivity contribution in [3.63, 3.8) is 0 Å².